The maximum absolute atomic E-state index is 12.2. The lowest BCUT2D eigenvalue weighted by Gasteiger charge is -2.03. The lowest BCUT2D eigenvalue weighted by Crippen LogP contribution is -2.11. The minimum absolute atomic E-state index is 0.0238. The Hall–Kier alpha value is -3.39. The molecule has 0 unspecified atom stereocenters. The van der Waals surface area contributed by atoms with Crippen LogP contribution in [-0.2, 0) is 6.61 Å². The van der Waals surface area contributed by atoms with Gasteiger partial charge in [-0.2, -0.15) is 0 Å². The van der Waals surface area contributed by atoms with Gasteiger partial charge in [-0.05, 0) is 22.9 Å². The molecular formula is C17H12ClN3O5. The molecule has 9 heteroatoms. The van der Waals surface area contributed by atoms with Gasteiger partial charge >= 0.3 is 0 Å². The van der Waals surface area contributed by atoms with Crippen molar-refractivity contribution in [2.24, 2.45) is 0 Å². The Bertz CT molecular complexity index is 943. The summed E-state index contributed by atoms with van der Waals surface area (Å²) in [4.78, 5) is 22.4. The number of benzene rings is 2. The summed E-state index contributed by atoms with van der Waals surface area (Å²) in [6, 6.07) is 14.7. The van der Waals surface area contributed by atoms with E-state index in [-0.39, 0.29) is 34.6 Å². The lowest BCUT2D eigenvalue weighted by molar-refractivity contribution is -0.384. The molecular weight excluding hydrogens is 362 g/mol. The molecule has 2 aromatic carbocycles. The number of carbonyl (C=O) groups is 1. The molecule has 3 aromatic rings. The largest absolute Gasteiger partial charge is 0.471 e. The van der Waals surface area contributed by atoms with Gasteiger partial charge in [0.25, 0.3) is 17.5 Å². The Labute approximate surface area is 152 Å². The van der Waals surface area contributed by atoms with Crippen LogP contribution in [-0.4, -0.2) is 16.0 Å². The number of hydrogen-bond donors (Lipinski definition) is 1. The number of ether oxygens (including phenoxy) is 1. The average Bonchev–Trinajstić information content (AvgIpc) is 3.11. The number of aromatic nitrogens is 1. The molecule has 132 valence electrons. The summed E-state index contributed by atoms with van der Waals surface area (Å²) in [6.45, 7) is 0.276. The molecule has 0 fully saturated rings. The molecule has 0 aliphatic carbocycles. The number of anilines is 1. The molecule has 1 N–H and O–H groups in total. The predicted molar refractivity (Wildman–Crippen MR) is 93.3 cm³/mol. The van der Waals surface area contributed by atoms with Crippen LogP contribution in [0.5, 0.6) is 5.88 Å². The number of nitrogens with zero attached hydrogens (tertiary/aromatic N) is 2. The molecule has 1 amide bonds. The van der Waals surface area contributed by atoms with Crippen LogP contribution in [0.1, 0.15) is 16.1 Å². The molecule has 0 saturated carbocycles. The van der Waals surface area contributed by atoms with E-state index in [9.17, 15) is 14.9 Å². The molecule has 0 bridgehead atoms. The van der Waals surface area contributed by atoms with Crippen molar-refractivity contribution in [3.8, 4) is 5.88 Å². The molecule has 0 radical (unpaired) electrons. The molecule has 0 saturated heterocycles. The van der Waals surface area contributed by atoms with Crippen LogP contribution in [0.25, 0.3) is 0 Å². The van der Waals surface area contributed by atoms with Crippen LogP contribution >= 0.6 is 11.6 Å². The zero-order chi connectivity index (χ0) is 18.5. The van der Waals surface area contributed by atoms with E-state index in [2.05, 4.69) is 10.5 Å². The van der Waals surface area contributed by atoms with Crippen molar-refractivity contribution >= 4 is 28.9 Å². The third-order valence-corrected chi connectivity index (χ3v) is 3.66. The monoisotopic (exact) mass is 373 g/mol. The van der Waals surface area contributed by atoms with Crippen molar-refractivity contribution < 1.29 is 19.0 Å². The second-order valence-corrected chi connectivity index (χ2v) is 5.59. The highest BCUT2D eigenvalue weighted by atomic mass is 35.5. The van der Waals surface area contributed by atoms with Crippen LogP contribution in [0.2, 0.25) is 5.02 Å². The van der Waals surface area contributed by atoms with Crippen molar-refractivity contribution in [3.63, 3.8) is 0 Å². The van der Waals surface area contributed by atoms with Crippen LogP contribution < -0.4 is 10.1 Å². The summed E-state index contributed by atoms with van der Waals surface area (Å²) in [7, 11) is 0. The summed E-state index contributed by atoms with van der Waals surface area (Å²) < 4.78 is 10.4. The molecule has 0 atom stereocenters. The Morgan fingerprint density at radius 3 is 2.73 bits per heavy atom. The van der Waals surface area contributed by atoms with Crippen LogP contribution in [0, 0.1) is 10.1 Å². The maximum atomic E-state index is 12.2. The SMILES string of the molecule is O=C(Nc1ccc(Cl)c([N+](=O)[O-])c1)c1cc(OCc2ccccc2)no1. The molecule has 3 rings (SSSR count). The average molecular weight is 374 g/mol. The summed E-state index contributed by atoms with van der Waals surface area (Å²) in [5.74, 6) is -0.560. The Morgan fingerprint density at radius 1 is 1.23 bits per heavy atom. The third-order valence-electron chi connectivity index (χ3n) is 3.34. The van der Waals surface area contributed by atoms with Gasteiger partial charge in [0.1, 0.15) is 11.6 Å². The van der Waals surface area contributed by atoms with Gasteiger partial charge in [-0.15, -0.1) is 0 Å². The zero-order valence-corrected chi connectivity index (χ0v) is 14.0. The number of nitro groups is 1. The van der Waals surface area contributed by atoms with Crippen molar-refractivity contribution in [2.75, 3.05) is 5.32 Å². The van der Waals surface area contributed by atoms with E-state index < -0.39 is 10.8 Å². The van der Waals surface area contributed by atoms with E-state index in [4.69, 9.17) is 20.9 Å². The number of carbonyl (C=O) groups excluding carboxylic acids is 1. The first kappa shape index (κ1) is 17.4. The zero-order valence-electron chi connectivity index (χ0n) is 13.2. The topological polar surface area (TPSA) is 108 Å². The molecule has 1 aromatic heterocycles. The second kappa shape index (κ2) is 7.66. The van der Waals surface area contributed by atoms with E-state index in [1.807, 2.05) is 30.3 Å². The van der Waals surface area contributed by atoms with Crippen molar-refractivity contribution in [1.29, 1.82) is 0 Å². The number of nitrogens with one attached hydrogen (secondary N) is 1. The fourth-order valence-electron chi connectivity index (χ4n) is 2.09. The van der Waals surface area contributed by atoms with Crippen molar-refractivity contribution in [3.05, 3.63) is 81.1 Å². The summed E-state index contributed by atoms with van der Waals surface area (Å²) >= 11 is 5.73. The highest BCUT2D eigenvalue weighted by molar-refractivity contribution is 6.32. The van der Waals surface area contributed by atoms with E-state index in [0.717, 1.165) is 11.6 Å². The first-order valence-electron chi connectivity index (χ1n) is 7.41. The fraction of sp³-hybridized carbons (Fsp3) is 0.0588. The number of halogens is 1. The summed E-state index contributed by atoms with van der Waals surface area (Å²) in [5.41, 5.74) is 0.832. The Morgan fingerprint density at radius 2 is 2.00 bits per heavy atom. The highest BCUT2D eigenvalue weighted by Gasteiger charge is 2.17. The van der Waals surface area contributed by atoms with Gasteiger partial charge < -0.3 is 14.6 Å². The number of nitro benzene ring substituents is 1. The third kappa shape index (κ3) is 4.17. The van der Waals surface area contributed by atoms with Gasteiger partial charge in [-0.3, -0.25) is 14.9 Å². The lowest BCUT2D eigenvalue weighted by atomic mass is 10.2. The molecule has 0 spiro atoms. The van der Waals surface area contributed by atoms with Gasteiger partial charge in [0.05, 0.1) is 11.0 Å². The fourth-order valence-corrected chi connectivity index (χ4v) is 2.28. The van der Waals surface area contributed by atoms with Gasteiger partial charge in [0.2, 0.25) is 5.76 Å². The first-order chi connectivity index (χ1) is 12.5. The predicted octanol–water partition coefficient (Wildman–Crippen LogP) is 4.07. The van der Waals surface area contributed by atoms with Crippen molar-refractivity contribution in [2.45, 2.75) is 6.61 Å². The first-order valence-corrected chi connectivity index (χ1v) is 7.79. The number of hydrogen-bond acceptors (Lipinski definition) is 6. The molecule has 8 nitrogen and oxygen atoms in total. The summed E-state index contributed by atoms with van der Waals surface area (Å²) in [5, 5.41) is 17.0. The van der Waals surface area contributed by atoms with Crippen LogP contribution in [0.15, 0.2) is 59.1 Å². The second-order valence-electron chi connectivity index (χ2n) is 5.18. The Balaban J connectivity index is 1.65. The quantitative estimate of drug-likeness (QED) is 0.515. The van der Waals surface area contributed by atoms with Gasteiger partial charge in [0.15, 0.2) is 0 Å². The smallest absolute Gasteiger partial charge is 0.294 e. The Kier molecular flexibility index (Phi) is 5.14. The van der Waals surface area contributed by atoms with Crippen molar-refractivity contribution in [1.82, 2.24) is 5.16 Å². The maximum Gasteiger partial charge on any atom is 0.294 e. The minimum Gasteiger partial charge on any atom is -0.471 e. The van der Waals surface area contributed by atoms with Gasteiger partial charge in [0, 0.05) is 11.8 Å². The van der Waals surface area contributed by atoms with E-state index in [1.54, 1.807) is 0 Å². The minimum atomic E-state index is -0.637. The summed E-state index contributed by atoms with van der Waals surface area (Å²) in [6.07, 6.45) is 0. The molecule has 26 heavy (non-hydrogen) atoms. The number of rotatable bonds is 6. The number of amides is 1. The van der Waals surface area contributed by atoms with E-state index in [0.29, 0.717) is 0 Å². The van der Waals surface area contributed by atoms with Gasteiger partial charge in [-0.1, -0.05) is 41.9 Å². The van der Waals surface area contributed by atoms with Crippen LogP contribution in [0.3, 0.4) is 0 Å². The highest BCUT2D eigenvalue weighted by Crippen LogP contribution is 2.27. The van der Waals surface area contributed by atoms with Gasteiger partial charge in [-0.25, -0.2) is 0 Å². The molecule has 0 aliphatic rings. The van der Waals surface area contributed by atoms with Crippen LogP contribution in [0.4, 0.5) is 11.4 Å². The van der Waals surface area contributed by atoms with E-state index in [1.165, 1.54) is 18.2 Å². The molecule has 1 heterocycles. The normalized spacial score (nSPS) is 10.3. The molecule has 0 aliphatic heterocycles. The standard InChI is InChI=1S/C17H12ClN3O5/c18-13-7-6-12(8-14(13)21(23)24)19-17(22)15-9-16(20-26-15)25-10-11-4-2-1-3-5-11/h1-9H,10H2,(H,19,22). The van der Waals surface area contributed by atoms with E-state index >= 15 is 0 Å².